The van der Waals surface area contributed by atoms with Crippen molar-refractivity contribution in [3.8, 4) is 0 Å². The number of carbonyl (C=O) groups excluding carboxylic acids is 2. The van der Waals surface area contributed by atoms with Gasteiger partial charge in [0, 0.05) is 11.4 Å². The Bertz CT molecular complexity index is 717. The Morgan fingerprint density at radius 1 is 1.29 bits per heavy atom. The second-order valence-corrected chi connectivity index (χ2v) is 6.77. The third kappa shape index (κ3) is 4.00. The first-order chi connectivity index (χ1) is 11.6. The molecule has 3 rings (SSSR count). The fourth-order valence-corrected chi connectivity index (χ4v) is 3.55. The molecule has 6 heteroatoms. The maximum absolute atomic E-state index is 13.1. The van der Waals surface area contributed by atoms with E-state index in [0.29, 0.717) is 24.9 Å². The van der Waals surface area contributed by atoms with Crippen LogP contribution in [0, 0.1) is 5.82 Å². The predicted molar refractivity (Wildman–Crippen MR) is 89.0 cm³/mol. The highest BCUT2D eigenvalue weighted by Crippen LogP contribution is 2.21. The largest absolute Gasteiger partial charge is 0.459 e. The van der Waals surface area contributed by atoms with E-state index in [1.807, 2.05) is 17.5 Å². The molecule has 1 aliphatic rings. The summed E-state index contributed by atoms with van der Waals surface area (Å²) in [5, 5.41) is 1.93. The molecule has 126 valence electrons. The summed E-state index contributed by atoms with van der Waals surface area (Å²) >= 11 is 1.53. The zero-order valence-corrected chi connectivity index (χ0v) is 13.9. The van der Waals surface area contributed by atoms with E-state index in [2.05, 4.69) is 0 Å². The Morgan fingerprint density at radius 2 is 2.17 bits per heavy atom. The van der Waals surface area contributed by atoms with Gasteiger partial charge in [0.15, 0.2) is 0 Å². The fourth-order valence-electron chi connectivity index (χ4n) is 2.85. The average molecular weight is 347 g/mol. The van der Waals surface area contributed by atoms with Crippen molar-refractivity contribution in [2.24, 2.45) is 0 Å². The van der Waals surface area contributed by atoms with Crippen molar-refractivity contribution < 1.29 is 18.7 Å². The third-order valence-electron chi connectivity index (χ3n) is 4.02. The van der Waals surface area contributed by atoms with Crippen molar-refractivity contribution in [1.82, 2.24) is 4.90 Å². The van der Waals surface area contributed by atoms with E-state index in [9.17, 15) is 14.0 Å². The highest BCUT2D eigenvalue weighted by atomic mass is 32.1. The maximum atomic E-state index is 13.1. The second kappa shape index (κ2) is 7.57. The van der Waals surface area contributed by atoms with E-state index in [1.165, 1.54) is 23.5 Å². The van der Waals surface area contributed by atoms with Gasteiger partial charge in [-0.1, -0.05) is 18.2 Å². The summed E-state index contributed by atoms with van der Waals surface area (Å²) < 4.78 is 18.4. The highest BCUT2D eigenvalue weighted by molar-refractivity contribution is 7.10. The van der Waals surface area contributed by atoms with Crippen LogP contribution in [-0.4, -0.2) is 29.4 Å². The Hall–Kier alpha value is -2.21. The Morgan fingerprint density at radius 3 is 2.92 bits per heavy atom. The molecule has 0 saturated carbocycles. The van der Waals surface area contributed by atoms with E-state index in [-0.39, 0.29) is 18.3 Å². The van der Waals surface area contributed by atoms with Gasteiger partial charge in [0.05, 0.1) is 6.42 Å². The molecule has 1 aromatic carbocycles. The van der Waals surface area contributed by atoms with Crippen LogP contribution in [0.3, 0.4) is 0 Å². The monoisotopic (exact) mass is 347 g/mol. The van der Waals surface area contributed by atoms with Crippen molar-refractivity contribution in [2.45, 2.75) is 31.9 Å². The Labute approximate surface area is 143 Å². The molecule has 0 spiro atoms. The Balaban J connectivity index is 1.58. The number of rotatable bonds is 5. The number of nitrogens with zero attached hydrogens (tertiary/aromatic N) is 1. The van der Waals surface area contributed by atoms with Crippen molar-refractivity contribution >= 4 is 23.2 Å². The normalized spacial score (nSPS) is 17.0. The molecule has 24 heavy (non-hydrogen) atoms. The number of carbonyl (C=O) groups is 2. The molecule has 0 N–H and O–H groups in total. The lowest BCUT2D eigenvalue weighted by Crippen LogP contribution is -2.42. The molecular formula is C18H18FNO3S. The van der Waals surface area contributed by atoms with Crippen LogP contribution in [0.4, 0.5) is 4.39 Å². The van der Waals surface area contributed by atoms with Gasteiger partial charge in [-0.15, -0.1) is 11.3 Å². The molecule has 1 amide bonds. The van der Waals surface area contributed by atoms with Gasteiger partial charge in [-0.25, -0.2) is 9.18 Å². The summed E-state index contributed by atoms with van der Waals surface area (Å²) in [6, 6.07) is 9.23. The maximum Gasteiger partial charge on any atom is 0.329 e. The van der Waals surface area contributed by atoms with Crippen molar-refractivity contribution in [3.63, 3.8) is 0 Å². The number of esters is 1. The number of benzene rings is 1. The highest BCUT2D eigenvalue weighted by Gasteiger charge is 2.35. The number of hydrogen-bond donors (Lipinski definition) is 0. The number of amides is 1. The molecule has 2 heterocycles. The topological polar surface area (TPSA) is 46.6 Å². The van der Waals surface area contributed by atoms with E-state index in [4.69, 9.17) is 4.74 Å². The van der Waals surface area contributed by atoms with Gasteiger partial charge in [0.2, 0.25) is 5.91 Å². The summed E-state index contributed by atoms with van der Waals surface area (Å²) in [7, 11) is 0. The summed E-state index contributed by atoms with van der Waals surface area (Å²) in [5.41, 5.74) is 0.595. The molecular weight excluding hydrogens is 329 g/mol. The minimum Gasteiger partial charge on any atom is -0.459 e. The number of hydrogen-bond acceptors (Lipinski definition) is 4. The standard InChI is InChI=1S/C18H18FNO3S/c19-14-5-1-4-13(10-14)12-23-18(22)16-7-2-8-20(16)17(21)11-15-6-3-9-24-15/h1,3-6,9-10,16H,2,7-8,11-12H2. The number of thiophene rings is 1. The first kappa shape index (κ1) is 16.6. The van der Waals surface area contributed by atoms with E-state index < -0.39 is 12.0 Å². The second-order valence-electron chi connectivity index (χ2n) is 5.74. The number of likely N-dealkylation sites (tertiary alicyclic amines) is 1. The van der Waals surface area contributed by atoms with Gasteiger partial charge in [-0.3, -0.25) is 4.79 Å². The van der Waals surface area contributed by atoms with E-state index in [0.717, 1.165) is 11.3 Å². The molecule has 0 bridgehead atoms. The van der Waals surface area contributed by atoms with Crippen molar-refractivity contribution in [1.29, 1.82) is 0 Å². The first-order valence-corrected chi connectivity index (χ1v) is 8.74. The van der Waals surface area contributed by atoms with Gasteiger partial charge in [0.25, 0.3) is 0 Å². The smallest absolute Gasteiger partial charge is 0.329 e. The van der Waals surface area contributed by atoms with Gasteiger partial charge < -0.3 is 9.64 Å². The van der Waals surface area contributed by atoms with Crippen LogP contribution in [0.2, 0.25) is 0 Å². The third-order valence-corrected chi connectivity index (χ3v) is 4.90. The summed E-state index contributed by atoms with van der Waals surface area (Å²) in [6.45, 7) is 0.587. The molecule has 4 nitrogen and oxygen atoms in total. The van der Waals surface area contributed by atoms with Crippen molar-refractivity contribution in [2.75, 3.05) is 6.54 Å². The van der Waals surface area contributed by atoms with Crippen molar-refractivity contribution in [3.05, 3.63) is 58.0 Å². The molecule has 1 aromatic heterocycles. The fraction of sp³-hybridized carbons (Fsp3) is 0.333. The molecule has 1 saturated heterocycles. The molecule has 1 fully saturated rings. The van der Waals surface area contributed by atoms with Gasteiger partial charge in [-0.2, -0.15) is 0 Å². The summed E-state index contributed by atoms with van der Waals surface area (Å²) in [6.07, 6.45) is 1.71. The quantitative estimate of drug-likeness (QED) is 0.781. The Kier molecular flexibility index (Phi) is 5.25. The van der Waals surface area contributed by atoms with E-state index >= 15 is 0 Å². The van der Waals surface area contributed by atoms with Crippen LogP contribution in [0.15, 0.2) is 41.8 Å². The van der Waals surface area contributed by atoms with Gasteiger partial charge >= 0.3 is 5.97 Å². The van der Waals surface area contributed by atoms with Crippen LogP contribution in [0.5, 0.6) is 0 Å². The van der Waals surface area contributed by atoms with Crippen LogP contribution in [0.1, 0.15) is 23.3 Å². The minimum absolute atomic E-state index is 0.0139. The first-order valence-electron chi connectivity index (χ1n) is 7.86. The van der Waals surface area contributed by atoms with Crippen LogP contribution < -0.4 is 0 Å². The minimum atomic E-state index is -0.536. The predicted octanol–water partition coefficient (Wildman–Crippen LogP) is 3.16. The lowest BCUT2D eigenvalue weighted by Gasteiger charge is -2.23. The molecule has 0 aliphatic carbocycles. The number of halogens is 1. The molecule has 1 aliphatic heterocycles. The van der Waals surface area contributed by atoms with Crippen LogP contribution in [0.25, 0.3) is 0 Å². The van der Waals surface area contributed by atoms with Crippen LogP contribution in [-0.2, 0) is 27.4 Å². The molecule has 1 unspecified atom stereocenters. The SMILES string of the molecule is O=C(OCc1cccc(F)c1)C1CCCN1C(=O)Cc1cccs1. The molecule has 1 atom stereocenters. The zero-order chi connectivity index (χ0) is 16.9. The number of ether oxygens (including phenoxy) is 1. The molecule has 0 radical (unpaired) electrons. The van der Waals surface area contributed by atoms with Gasteiger partial charge in [0.1, 0.15) is 18.5 Å². The lowest BCUT2D eigenvalue weighted by atomic mass is 10.2. The van der Waals surface area contributed by atoms with Crippen LogP contribution >= 0.6 is 11.3 Å². The summed E-state index contributed by atoms with van der Waals surface area (Å²) in [4.78, 5) is 27.3. The van der Waals surface area contributed by atoms with Gasteiger partial charge in [-0.05, 0) is 42.0 Å². The zero-order valence-electron chi connectivity index (χ0n) is 13.1. The lowest BCUT2D eigenvalue weighted by molar-refractivity contribution is -0.154. The van der Waals surface area contributed by atoms with E-state index in [1.54, 1.807) is 17.0 Å². The average Bonchev–Trinajstić information content (AvgIpc) is 3.24. The molecule has 2 aromatic rings. The summed E-state index contributed by atoms with van der Waals surface area (Å²) in [5.74, 6) is -0.837.